The molecule has 1 aromatic carbocycles. The molecule has 82 valence electrons. The summed E-state index contributed by atoms with van der Waals surface area (Å²) in [6.45, 7) is 0. The number of hydrogen-bond acceptors (Lipinski definition) is 3. The molecule has 0 radical (unpaired) electrons. The van der Waals surface area contributed by atoms with Gasteiger partial charge in [-0.2, -0.15) is 0 Å². The van der Waals surface area contributed by atoms with Gasteiger partial charge in [0.1, 0.15) is 11.6 Å². The number of rotatable bonds is 2. The van der Waals surface area contributed by atoms with Gasteiger partial charge >= 0.3 is 0 Å². The van der Waals surface area contributed by atoms with Crippen molar-refractivity contribution in [1.82, 2.24) is 10.2 Å². The normalized spacial score (nSPS) is 10.2. The first-order valence-corrected chi connectivity index (χ1v) is 5.05. The highest BCUT2D eigenvalue weighted by molar-refractivity contribution is 6.30. The molecule has 2 rings (SSSR count). The fourth-order valence-corrected chi connectivity index (χ4v) is 1.48. The van der Waals surface area contributed by atoms with E-state index in [2.05, 4.69) is 15.5 Å². The number of halogens is 2. The van der Waals surface area contributed by atoms with Crippen LogP contribution in [0.2, 0.25) is 5.02 Å². The SMILES string of the molecule is CNc1ccc(-c2cc(Cl)ccc2F)nn1. The highest BCUT2D eigenvalue weighted by atomic mass is 35.5. The maximum atomic E-state index is 13.5. The second kappa shape index (κ2) is 4.45. The Hall–Kier alpha value is -1.68. The predicted octanol–water partition coefficient (Wildman–Crippen LogP) is 2.98. The molecule has 5 heteroatoms. The summed E-state index contributed by atoms with van der Waals surface area (Å²) in [6.07, 6.45) is 0. The number of benzene rings is 1. The Labute approximate surface area is 97.3 Å². The smallest absolute Gasteiger partial charge is 0.148 e. The van der Waals surface area contributed by atoms with Gasteiger partial charge in [0.25, 0.3) is 0 Å². The van der Waals surface area contributed by atoms with Crippen molar-refractivity contribution < 1.29 is 4.39 Å². The molecule has 0 atom stereocenters. The molecule has 0 bridgehead atoms. The van der Waals surface area contributed by atoms with Crippen molar-refractivity contribution >= 4 is 17.4 Å². The Morgan fingerprint density at radius 3 is 2.62 bits per heavy atom. The van der Waals surface area contributed by atoms with E-state index in [0.29, 0.717) is 22.1 Å². The Kier molecular flexibility index (Phi) is 3.01. The molecule has 0 aliphatic rings. The van der Waals surface area contributed by atoms with Crippen LogP contribution < -0.4 is 5.32 Å². The first-order valence-electron chi connectivity index (χ1n) is 4.67. The molecule has 0 aliphatic carbocycles. The van der Waals surface area contributed by atoms with Crippen LogP contribution in [0.25, 0.3) is 11.3 Å². The number of aromatic nitrogens is 2. The molecule has 0 fully saturated rings. The fraction of sp³-hybridized carbons (Fsp3) is 0.0909. The number of nitrogens with zero attached hydrogens (tertiary/aromatic N) is 2. The maximum absolute atomic E-state index is 13.5. The molecule has 0 spiro atoms. The van der Waals surface area contributed by atoms with E-state index in [-0.39, 0.29) is 5.82 Å². The van der Waals surface area contributed by atoms with Gasteiger partial charge in [0.2, 0.25) is 0 Å². The van der Waals surface area contributed by atoms with E-state index in [0.717, 1.165) is 0 Å². The van der Waals surface area contributed by atoms with Crippen LogP contribution in [-0.2, 0) is 0 Å². The van der Waals surface area contributed by atoms with Crippen LogP contribution in [-0.4, -0.2) is 17.2 Å². The van der Waals surface area contributed by atoms with Gasteiger partial charge in [-0.1, -0.05) is 11.6 Å². The third kappa shape index (κ3) is 2.12. The van der Waals surface area contributed by atoms with Crippen molar-refractivity contribution in [2.45, 2.75) is 0 Å². The predicted molar refractivity (Wildman–Crippen MR) is 62.0 cm³/mol. The van der Waals surface area contributed by atoms with Gasteiger partial charge in [0.15, 0.2) is 0 Å². The van der Waals surface area contributed by atoms with E-state index in [1.165, 1.54) is 18.2 Å². The summed E-state index contributed by atoms with van der Waals surface area (Å²) < 4.78 is 13.5. The van der Waals surface area contributed by atoms with Crippen LogP contribution in [0.4, 0.5) is 10.2 Å². The molecule has 3 nitrogen and oxygen atoms in total. The molecule has 16 heavy (non-hydrogen) atoms. The van der Waals surface area contributed by atoms with Crippen LogP contribution >= 0.6 is 11.6 Å². The minimum absolute atomic E-state index is 0.350. The maximum Gasteiger partial charge on any atom is 0.148 e. The van der Waals surface area contributed by atoms with E-state index < -0.39 is 0 Å². The summed E-state index contributed by atoms with van der Waals surface area (Å²) in [7, 11) is 1.74. The Bertz CT molecular complexity index is 499. The number of nitrogens with one attached hydrogen (secondary N) is 1. The third-order valence-corrected chi connectivity index (χ3v) is 2.36. The Morgan fingerprint density at radius 1 is 1.19 bits per heavy atom. The van der Waals surface area contributed by atoms with Crippen LogP contribution in [0.15, 0.2) is 30.3 Å². The van der Waals surface area contributed by atoms with E-state index in [1.807, 2.05) is 0 Å². The molecule has 1 heterocycles. The Balaban J connectivity index is 2.45. The minimum atomic E-state index is -0.365. The molecule has 2 aromatic rings. The molecule has 0 unspecified atom stereocenters. The number of anilines is 1. The summed E-state index contributed by atoms with van der Waals surface area (Å²) in [5.74, 6) is 0.266. The minimum Gasteiger partial charge on any atom is -0.372 e. The molecule has 0 saturated carbocycles. The lowest BCUT2D eigenvalue weighted by atomic mass is 10.1. The van der Waals surface area contributed by atoms with Crippen molar-refractivity contribution in [1.29, 1.82) is 0 Å². The molecular formula is C11H9ClFN3. The van der Waals surface area contributed by atoms with Crippen molar-refractivity contribution in [2.24, 2.45) is 0 Å². The lowest BCUT2D eigenvalue weighted by Gasteiger charge is -2.03. The van der Waals surface area contributed by atoms with E-state index >= 15 is 0 Å². The van der Waals surface area contributed by atoms with Crippen LogP contribution in [0.1, 0.15) is 0 Å². The second-order valence-electron chi connectivity index (χ2n) is 3.18. The van der Waals surface area contributed by atoms with Gasteiger partial charge in [-0.25, -0.2) is 4.39 Å². The zero-order chi connectivity index (χ0) is 11.5. The first-order chi connectivity index (χ1) is 7.70. The Morgan fingerprint density at radius 2 is 2.00 bits per heavy atom. The average Bonchev–Trinajstić information content (AvgIpc) is 2.32. The molecule has 0 aliphatic heterocycles. The summed E-state index contributed by atoms with van der Waals surface area (Å²) in [6, 6.07) is 7.75. The van der Waals surface area contributed by atoms with Gasteiger partial charge in [-0.05, 0) is 30.3 Å². The van der Waals surface area contributed by atoms with Gasteiger partial charge < -0.3 is 5.32 Å². The monoisotopic (exact) mass is 237 g/mol. The molecule has 1 aromatic heterocycles. The molecule has 1 N–H and O–H groups in total. The molecular weight excluding hydrogens is 229 g/mol. The summed E-state index contributed by atoms with van der Waals surface area (Å²) in [5.41, 5.74) is 0.807. The van der Waals surface area contributed by atoms with Crippen LogP contribution in [0.3, 0.4) is 0 Å². The average molecular weight is 238 g/mol. The van der Waals surface area contributed by atoms with Gasteiger partial charge in [-0.3, -0.25) is 0 Å². The second-order valence-corrected chi connectivity index (χ2v) is 3.61. The van der Waals surface area contributed by atoms with E-state index in [4.69, 9.17) is 11.6 Å². The highest BCUT2D eigenvalue weighted by Gasteiger charge is 2.07. The van der Waals surface area contributed by atoms with Crippen LogP contribution in [0, 0.1) is 5.82 Å². The lowest BCUT2D eigenvalue weighted by Crippen LogP contribution is -1.96. The van der Waals surface area contributed by atoms with Gasteiger partial charge in [0.05, 0.1) is 5.69 Å². The van der Waals surface area contributed by atoms with E-state index in [9.17, 15) is 4.39 Å². The van der Waals surface area contributed by atoms with Crippen molar-refractivity contribution in [2.75, 3.05) is 12.4 Å². The van der Waals surface area contributed by atoms with Crippen LogP contribution in [0.5, 0.6) is 0 Å². The molecule has 0 amide bonds. The van der Waals surface area contributed by atoms with Crippen molar-refractivity contribution in [3.63, 3.8) is 0 Å². The van der Waals surface area contributed by atoms with Crippen molar-refractivity contribution in [3.05, 3.63) is 41.2 Å². The number of hydrogen-bond donors (Lipinski definition) is 1. The zero-order valence-electron chi connectivity index (χ0n) is 8.54. The third-order valence-electron chi connectivity index (χ3n) is 2.13. The summed E-state index contributed by atoms with van der Waals surface area (Å²) >= 11 is 5.80. The standard InChI is InChI=1S/C11H9ClFN3/c1-14-11-5-4-10(15-16-11)8-6-7(12)2-3-9(8)13/h2-6H,1H3,(H,14,16). The fourth-order valence-electron chi connectivity index (χ4n) is 1.30. The summed E-state index contributed by atoms with van der Waals surface area (Å²) in [5, 5.41) is 11.1. The largest absolute Gasteiger partial charge is 0.372 e. The van der Waals surface area contributed by atoms with Crippen molar-refractivity contribution in [3.8, 4) is 11.3 Å². The first kappa shape index (κ1) is 10.8. The van der Waals surface area contributed by atoms with Gasteiger partial charge in [0, 0.05) is 17.6 Å². The van der Waals surface area contributed by atoms with E-state index in [1.54, 1.807) is 19.2 Å². The highest BCUT2D eigenvalue weighted by Crippen LogP contribution is 2.24. The lowest BCUT2D eigenvalue weighted by molar-refractivity contribution is 0.630. The molecule has 0 saturated heterocycles. The summed E-state index contributed by atoms with van der Waals surface area (Å²) in [4.78, 5) is 0. The quantitative estimate of drug-likeness (QED) is 0.873. The zero-order valence-corrected chi connectivity index (χ0v) is 9.29. The van der Waals surface area contributed by atoms with Gasteiger partial charge in [-0.15, -0.1) is 10.2 Å². The topological polar surface area (TPSA) is 37.8 Å².